The lowest BCUT2D eigenvalue weighted by Gasteiger charge is -2.32. The molecule has 2 aliphatic heterocycles. The number of anilines is 2. The largest absolute Gasteiger partial charge is 0.341 e. The number of fused-ring (bicyclic) bond motifs is 1. The summed E-state index contributed by atoms with van der Waals surface area (Å²) in [5.74, 6) is -0.0109. The Morgan fingerprint density at radius 1 is 1.04 bits per heavy atom. The van der Waals surface area contributed by atoms with Crippen molar-refractivity contribution in [1.29, 1.82) is 0 Å². The van der Waals surface area contributed by atoms with E-state index < -0.39 is 6.17 Å². The van der Waals surface area contributed by atoms with E-state index in [1.807, 2.05) is 30.3 Å². The standard InChI is InChI=1S/C21H22FN3O2/c22-17-9-12-24(13-10-17)21(26)16-3-8-20-15(14-16)2-1-11-25(20)19-6-4-18(23-27)5-7-19/h3-8,14,17H,1-2,9-13H2. The third kappa shape index (κ3) is 3.56. The minimum absolute atomic E-state index is 0.0109. The van der Waals surface area contributed by atoms with Crippen LogP contribution in [0, 0.1) is 4.91 Å². The average molecular weight is 367 g/mol. The zero-order valence-corrected chi connectivity index (χ0v) is 15.1. The Morgan fingerprint density at radius 2 is 1.78 bits per heavy atom. The lowest BCUT2D eigenvalue weighted by Crippen LogP contribution is -2.39. The van der Waals surface area contributed by atoms with Crippen molar-refractivity contribution in [3.63, 3.8) is 0 Å². The van der Waals surface area contributed by atoms with Gasteiger partial charge in [0.2, 0.25) is 0 Å². The van der Waals surface area contributed by atoms with Crippen molar-refractivity contribution in [3.05, 3.63) is 58.5 Å². The van der Waals surface area contributed by atoms with Crippen molar-refractivity contribution in [2.24, 2.45) is 5.18 Å². The molecule has 27 heavy (non-hydrogen) atoms. The first-order valence-corrected chi connectivity index (χ1v) is 9.43. The summed E-state index contributed by atoms with van der Waals surface area (Å²) in [5.41, 5.74) is 4.33. The molecule has 4 rings (SSSR count). The van der Waals surface area contributed by atoms with Crippen LogP contribution in [-0.4, -0.2) is 36.6 Å². The highest BCUT2D eigenvalue weighted by molar-refractivity contribution is 5.95. The predicted molar refractivity (Wildman–Crippen MR) is 104 cm³/mol. The third-order valence-electron chi connectivity index (χ3n) is 5.42. The van der Waals surface area contributed by atoms with E-state index in [4.69, 9.17) is 0 Å². The van der Waals surface area contributed by atoms with E-state index >= 15 is 0 Å². The van der Waals surface area contributed by atoms with Crippen LogP contribution in [-0.2, 0) is 6.42 Å². The van der Waals surface area contributed by atoms with Gasteiger partial charge >= 0.3 is 0 Å². The van der Waals surface area contributed by atoms with Crippen molar-refractivity contribution in [1.82, 2.24) is 4.90 Å². The molecule has 1 saturated heterocycles. The summed E-state index contributed by atoms with van der Waals surface area (Å²) in [7, 11) is 0. The molecule has 2 aromatic rings. The number of amides is 1. The fourth-order valence-electron chi connectivity index (χ4n) is 3.93. The maximum absolute atomic E-state index is 13.3. The van der Waals surface area contributed by atoms with Gasteiger partial charge in [-0.05, 0) is 78.9 Å². The van der Waals surface area contributed by atoms with Crippen LogP contribution in [0.3, 0.4) is 0 Å². The van der Waals surface area contributed by atoms with Crippen LogP contribution < -0.4 is 4.90 Å². The minimum Gasteiger partial charge on any atom is -0.341 e. The van der Waals surface area contributed by atoms with E-state index in [1.165, 1.54) is 0 Å². The van der Waals surface area contributed by atoms with Crippen molar-refractivity contribution < 1.29 is 9.18 Å². The molecule has 5 nitrogen and oxygen atoms in total. The Balaban J connectivity index is 1.57. The molecule has 0 aromatic heterocycles. The second kappa shape index (κ2) is 7.47. The molecule has 2 heterocycles. The molecule has 2 aliphatic rings. The maximum Gasteiger partial charge on any atom is 0.253 e. The highest BCUT2D eigenvalue weighted by Crippen LogP contribution is 2.35. The maximum atomic E-state index is 13.3. The Hall–Kier alpha value is -2.76. The average Bonchev–Trinajstić information content (AvgIpc) is 2.73. The second-order valence-electron chi connectivity index (χ2n) is 7.17. The molecule has 2 aromatic carbocycles. The number of halogens is 1. The van der Waals surface area contributed by atoms with Gasteiger partial charge in [0, 0.05) is 36.6 Å². The summed E-state index contributed by atoms with van der Waals surface area (Å²) in [4.78, 5) is 27.3. The number of aryl methyl sites for hydroxylation is 1. The van der Waals surface area contributed by atoms with Gasteiger partial charge in [0.05, 0.1) is 0 Å². The minimum atomic E-state index is -0.785. The Bertz CT molecular complexity index is 845. The van der Waals surface area contributed by atoms with E-state index in [9.17, 15) is 14.1 Å². The van der Waals surface area contributed by atoms with Gasteiger partial charge in [-0.25, -0.2) is 4.39 Å². The molecule has 1 fully saturated rings. The fraction of sp³-hybridized carbons (Fsp3) is 0.381. The van der Waals surface area contributed by atoms with Gasteiger partial charge in [0.25, 0.3) is 5.91 Å². The lowest BCUT2D eigenvalue weighted by atomic mass is 9.97. The Kier molecular flexibility index (Phi) is 4.88. The molecule has 0 spiro atoms. The molecule has 0 N–H and O–H groups in total. The van der Waals surface area contributed by atoms with Gasteiger partial charge in [0.1, 0.15) is 11.9 Å². The van der Waals surface area contributed by atoms with E-state index in [1.54, 1.807) is 17.0 Å². The molecular formula is C21H22FN3O2. The quantitative estimate of drug-likeness (QED) is 0.736. The van der Waals surface area contributed by atoms with Gasteiger partial charge in [0.15, 0.2) is 0 Å². The molecular weight excluding hydrogens is 345 g/mol. The van der Waals surface area contributed by atoms with Crippen molar-refractivity contribution in [2.75, 3.05) is 24.5 Å². The monoisotopic (exact) mass is 367 g/mol. The molecule has 0 atom stereocenters. The molecule has 0 aliphatic carbocycles. The lowest BCUT2D eigenvalue weighted by molar-refractivity contribution is 0.0667. The van der Waals surface area contributed by atoms with Gasteiger partial charge in [-0.2, -0.15) is 0 Å². The zero-order valence-electron chi connectivity index (χ0n) is 15.1. The second-order valence-corrected chi connectivity index (χ2v) is 7.17. The number of carbonyl (C=O) groups excluding carboxylic acids is 1. The predicted octanol–water partition coefficient (Wildman–Crippen LogP) is 4.74. The number of rotatable bonds is 3. The van der Waals surface area contributed by atoms with Crippen LogP contribution >= 0.6 is 0 Å². The molecule has 6 heteroatoms. The number of carbonyl (C=O) groups is 1. The highest BCUT2D eigenvalue weighted by atomic mass is 19.1. The smallest absolute Gasteiger partial charge is 0.253 e. The number of hydrogen-bond acceptors (Lipinski definition) is 4. The summed E-state index contributed by atoms with van der Waals surface area (Å²) < 4.78 is 13.3. The first kappa shape index (κ1) is 17.6. The van der Waals surface area contributed by atoms with Crippen LogP contribution in [0.15, 0.2) is 47.6 Å². The first-order chi connectivity index (χ1) is 13.2. The topological polar surface area (TPSA) is 53.0 Å². The third-order valence-corrected chi connectivity index (χ3v) is 5.42. The number of hydrogen-bond donors (Lipinski definition) is 0. The van der Waals surface area contributed by atoms with Crippen molar-refractivity contribution in [2.45, 2.75) is 31.9 Å². The van der Waals surface area contributed by atoms with E-state index in [-0.39, 0.29) is 5.91 Å². The van der Waals surface area contributed by atoms with Crippen molar-refractivity contribution >= 4 is 23.0 Å². The SMILES string of the molecule is O=Nc1ccc(N2CCCc3cc(C(=O)N4CCC(F)CC4)ccc32)cc1. The molecule has 0 bridgehead atoms. The molecule has 0 unspecified atom stereocenters. The molecule has 1 amide bonds. The van der Waals surface area contributed by atoms with Gasteiger partial charge < -0.3 is 9.80 Å². The summed E-state index contributed by atoms with van der Waals surface area (Å²) in [6, 6.07) is 13.1. The summed E-state index contributed by atoms with van der Waals surface area (Å²) >= 11 is 0. The zero-order chi connectivity index (χ0) is 18.8. The number of nitroso groups, excluding NO2 is 1. The van der Waals surface area contributed by atoms with Gasteiger partial charge in [-0.3, -0.25) is 4.79 Å². The summed E-state index contributed by atoms with van der Waals surface area (Å²) in [6.07, 6.45) is 1.98. The van der Waals surface area contributed by atoms with E-state index in [2.05, 4.69) is 10.1 Å². The van der Waals surface area contributed by atoms with Gasteiger partial charge in [-0.15, -0.1) is 4.91 Å². The van der Waals surface area contributed by atoms with Gasteiger partial charge in [-0.1, -0.05) is 0 Å². The van der Waals surface area contributed by atoms with Crippen LogP contribution in [0.25, 0.3) is 0 Å². The summed E-state index contributed by atoms with van der Waals surface area (Å²) in [5, 5.41) is 2.95. The number of likely N-dealkylation sites (tertiary alicyclic amines) is 1. The highest BCUT2D eigenvalue weighted by Gasteiger charge is 2.25. The number of nitrogens with zero attached hydrogens (tertiary/aromatic N) is 3. The molecule has 140 valence electrons. The normalized spacial score (nSPS) is 17.5. The number of benzene rings is 2. The van der Waals surface area contributed by atoms with E-state index in [0.717, 1.165) is 36.3 Å². The fourth-order valence-corrected chi connectivity index (χ4v) is 3.93. The molecule has 0 radical (unpaired) electrons. The molecule has 0 saturated carbocycles. The van der Waals surface area contributed by atoms with Crippen LogP contribution in [0.4, 0.5) is 21.5 Å². The number of alkyl halides is 1. The first-order valence-electron chi connectivity index (χ1n) is 9.43. The summed E-state index contributed by atoms with van der Waals surface area (Å²) in [6.45, 7) is 1.86. The Labute approximate surface area is 157 Å². The Morgan fingerprint density at radius 3 is 2.48 bits per heavy atom. The van der Waals surface area contributed by atoms with Crippen LogP contribution in [0.5, 0.6) is 0 Å². The van der Waals surface area contributed by atoms with Crippen molar-refractivity contribution in [3.8, 4) is 0 Å². The number of piperidine rings is 1. The van der Waals surface area contributed by atoms with Crippen LogP contribution in [0.2, 0.25) is 0 Å². The van der Waals surface area contributed by atoms with E-state index in [0.29, 0.717) is 37.2 Å². The van der Waals surface area contributed by atoms with Crippen LogP contribution in [0.1, 0.15) is 35.2 Å².